The van der Waals surface area contributed by atoms with Gasteiger partial charge in [0.2, 0.25) is 0 Å². The first-order valence-corrected chi connectivity index (χ1v) is 8.66. The van der Waals surface area contributed by atoms with Crippen LogP contribution in [-0.4, -0.2) is 18.4 Å². The Morgan fingerprint density at radius 3 is 2.24 bits per heavy atom. The monoisotopic (exact) mass is 340 g/mol. The van der Waals surface area contributed by atoms with E-state index in [-0.39, 0.29) is 6.10 Å². The van der Waals surface area contributed by atoms with Crippen LogP contribution in [0.25, 0.3) is 0 Å². The van der Waals surface area contributed by atoms with Gasteiger partial charge in [0, 0.05) is 5.56 Å². The zero-order valence-corrected chi connectivity index (χ0v) is 14.7. The van der Waals surface area contributed by atoms with Crippen molar-refractivity contribution in [1.29, 1.82) is 0 Å². The molecule has 1 atom stereocenters. The minimum atomic E-state index is -0.443. The highest BCUT2D eigenvalue weighted by Gasteiger charge is 2.10. The van der Waals surface area contributed by atoms with E-state index in [0.29, 0.717) is 16.9 Å². The van der Waals surface area contributed by atoms with Gasteiger partial charge in [-0.3, -0.25) is 4.79 Å². The van der Waals surface area contributed by atoms with E-state index in [4.69, 9.17) is 9.47 Å². The van der Waals surface area contributed by atoms with Gasteiger partial charge in [-0.2, -0.15) is 0 Å². The van der Waals surface area contributed by atoms with Crippen LogP contribution >= 0.6 is 0 Å². The summed E-state index contributed by atoms with van der Waals surface area (Å²) in [6, 6.07) is 13.3. The number of hydrogen-bond acceptors (Lipinski definition) is 4. The molecule has 0 spiro atoms. The van der Waals surface area contributed by atoms with Crippen LogP contribution in [0.3, 0.4) is 0 Å². The summed E-state index contributed by atoms with van der Waals surface area (Å²) in [5, 5.41) is 0. The third-order valence-electron chi connectivity index (χ3n) is 3.87. The maximum Gasteiger partial charge on any atom is 0.343 e. The van der Waals surface area contributed by atoms with Crippen LogP contribution in [-0.2, 0) is 0 Å². The Hall–Kier alpha value is -2.62. The Kier molecular flexibility index (Phi) is 7.20. The first-order valence-electron chi connectivity index (χ1n) is 8.66. The van der Waals surface area contributed by atoms with Gasteiger partial charge < -0.3 is 9.47 Å². The van der Waals surface area contributed by atoms with Crippen LogP contribution < -0.4 is 9.47 Å². The van der Waals surface area contributed by atoms with Crippen LogP contribution in [0.2, 0.25) is 0 Å². The largest absolute Gasteiger partial charge is 0.491 e. The van der Waals surface area contributed by atoms with Crippen LogP contribution in [0.5, 0.6) is 11.5 Å². The maximum absolute atomic E-state index is 12.1. The van der Waals surface area contributed by atoms with Crippen molar-refractivity contribution in [1.82, 2.24) is 0 Å². The fraction of sp³-hybridized carbons (Fsp3) is 0.333. The Morgan fingerprint density at radius 1 is 1.00 bits per heavy atom. The summed E-state index contributed by atoms with van der Waals surface area (Å²) in [7, 11) is 0. The molecule has 25 heavy (non-hydrogen) atoms. The lowest BCUT2D eigenvalue weighted by atomic mass is 10.1. The van der Waals surface area contributed by atoms with Crippen LogP contribution in [0.1, 0.15) is 60.2 Å². The molecule has 0 aliphatic rings. The molecule has 0 saturated carbocycles. The molecular formula is C21H24O4. The van der Waals surface area contributed by atoms with E-state index in [1.165, 1.54) is 12.8 Å². The molecule has 0 unspecified atom stereocenters. The molecule has 0 aromatic heterocycles. The Labute approximate surface area is 148 Å². The van der Waals surface area contributed by atoms with Crippen molar-refractivity contribution < 1.29 is 19.1 Å². The molecule has 2 rings (SSSR count). The van der Waals surface area contributed by atoms with Crippen LogP contribution in [0.4, 0.5) is 0 Å². The van der Waals surface area contributed by atoms with Gasteiger partial charge in [0.25, 0.3) is 0 Å². The molecule has 2 aromatic carbocycles. The van der Waals surface area contributed by atoms with Crippen LogP contribution in [0, 0.1) is 0 Å². The molecule has 0 saturated heterocycles. The number of aldehydes is 1. The molecule has 0 aliphatic carbocycles. The third-order valence-corrected chi connectivity index (χ3v) is 3.87. The second-order valence-corrected chi connectivity index (χ2v) is 6.03. The second kappa shape index (κ2) is 9.62. The highest BCUT2D eigenvalue weighted by atomic mass is 16.5. The summed E-state index contributed by atoms with van der Waals surface area (Å²) in [5.41, 5.74) is 0.986. The lowest BCUT2D eigenvalue weighted by Gasteiger charge is -2.14. The summed E-state index contributed by atoms with van der Waals surface area (Å²) < 4.78 is 11.1. The number of carbonyl (C=O) groups excluding carboxylic acids is 2. The van der Waals surface area contributed by atoms with E-state index < -0.39 is 5.97 Å². The molecule has 0 radical (unpaired) electrons. The van der Waals surface area contributed by atoms with Crippen molar-refractivity contribution in [2.24, 2.45) is 0 Å². The third kappa shape index (κ3) is 6.07. The summed E-state index contributed by atoms with van der Waals surface area (Å²) in [6.45, 7) is 4.24. The summed E-state index contributed by atoms with van der Waals surface area (Å²) >= 11 is 0. The van der Waals surface area contributed by atoms with E-state index in [0.717, 1.165) is 24.9 Å². The first kappa shape index (κ1) is 18.7. The molecule has 4 nitrogen and oxygen atoms in total. The minimum Gasteiger partial charge on any atom is -0.491 e. The van der Waals surface area contributed by atoms with Crippen molar-refractivity contribution in [2.75, 3.05) is 0 Å². The summed E-state index contributed by atoms with van der Waals surface area (Å²) in [4.78, 5) is 22.8. The van der Waals surface area contributed by atoms with Gasteiger partial charge >= 0.3 is 5.97 Å². The van der Waals surface area contributed by atoms with E-state index in [1.807, 2.05) is 0 Å². The highest BCUT2D eigenvalue weighted by Crippen LogP contribution is 2.18. The van der Waals surface area contributed by atoms with Gasteiger partial charge in [-0.05, 0) is 68.3 Å². The summed E-state index contributed by atoms with van der Waals surface area (Å²) in [5.74, 6) is 0.706. The highest BCUT2D eigenvalue weighted by molar-refractivity contribution is 5.91. The normalized spacial score (nSPS) is 11.6. The minimum absolute atomic E-state index is 0.153. The molecule has 132 valence electrons. The number of carbonyl (C=O) groups is 2. The van der Waals surface area contributed by atoms with Crippen molar-refractivity contribution in [3.8, 4) is 11.5 Å². The number of hydrogen-bond donors (Lipinski definition) is 0. The lowest BCUT2D eigenvalue weighted by Crippen LogP contribution is -2.12. The van der Waals surface area contributed by atoms with E-state index in [1.54, 1.807) is 48.5 Å². The second-order valence-electron chi connectivity index (χ2n) is 6.03. The topological polar surface area (TPSA) is 52.6 Å². The van der Waals surface area contributed by atoms with Crippen LogP contribution in [0.15, 0.2) is 48.5 Å². The number of benzene rings is 2. The molecule has 0 heterocycles. The number of esters is 1. The average Bonchev–Trinajstić information content (AvgIpc) is 2.63. The van der Waals surface area contributed by atoms with Gasteiger partial charge in [-0.1, -0.05) is 19.8 Å². The Balaban J connectivity index is 1.89. The zero-order valence-electron chi connectivity index (χ0n) is 14.7. The Bertz CT molecular complexity index is 674. The van der Waals surface area contributed by atoms with Crippen molar-refractivity contribution >= 4 is 12.3 Å². The Morgan fingerprint density at radius 2 is 1.64 bits per heavy atom. The quantitative estimate of drug-likeness (QED) is 0.277. The first-order chi connectivity index (χ1) is 12.1. The van der Waals surface area contributed by atoms with E-state index >= 15 is 0 Å². The molecule has 0 amide bonds. The summed E-state index contributed by atoms with van der Waals surface area (Å²) in [6.07, 6.45) is 5.49. The van der Waals surface area contributed by atoms with Gasteiger partial charge in [0.1, 0.15) is 17.8 Å². The zero-order chi connectivity index (χ0) is 18.1. The predicted octanol–water partition coefficient (Wildman–Crippen LogP) is 5.07. The predicted molar refractivity (Wildman–Crippen MR) is 97.5 cm³/mol. The van der Waals surface area contributed by atoms with Crippen molar-refractivity contribution in [2.45, 2.75) is 45.6 Å². The van der Waals surface area contributed by atoms with Crippen molar-refractivity contribution in [3.63, 3.8) is 0 Å². The molecule has 4 heteroatoms. The van der Waals surface area contributed by atoms with E-state index in [2.05, 4.69) is 13.8 Å². The molecular weight excluding hydrogens is 316 g/mol. The van der Waals surface area contributed by atoms with E-state index in [9.17, 15) is 9.59 Å². The number of ether oxygens (including phenoxy) is 2. The molecule has 0 bridgehead atoms. The number of unbranched alkanes of at least 4 members (excludes halogenated alkanes) is 2. The SMILES string of the molecule is CCCCC[C@H](C)Oc1ccc(C(=O)Oc2ccc(C=O)cc2)cc1. The standard InChI is InChI=1S/C21H24O4/c1-3-4-5-6-16(2)24-19-13-9-18(10-14-19)21(23)25-20-11-7-17(15-22)8-12-20/h7-16H,3-6H2,1-2H3/t16-/m0/s1. The van der Waals surface area contributed by atoms with Gasteiger partial charge in [0.15, 0.2) is 0 Å². The van der Waals surface area contributed by atoms with Gasteiger partial charge in [-0.25, -0.2) is 4.79 Å². The molecule has 0 N–H and O–H groups in total. The van der Waals surface area contributed by atoms with Gasteiger partial charge in [-0.15, -0.1) is 0 Å². The maximum atomic E-state index is 12.1. The number of rotatable bonds is 9. The average molecular weight is 340 g/mol. The van der Waals surface area contributed by atoms with Gasteiger partial charge in [0.05, 0.1) is 11.7 Å². The molecule has 0 aliphatic heterocycles. The smallest absolute Gasteiger partial charge is 0.343 e. The fourth-order valence-electron chi connectivity index (χ4n) is 2.42. The van der Waals surface area contributed by atoms with Crippen molar-refractivity contribution in [3.05, 3.63) is 59.7 Å². The lowest BCUT2D eigenvalue weighted by molar-refractivity contribution is 0.0734. The molecule has 0 fully saturated rings. The fourth-order valence-corrected chi connectivity index (χ4v) is 2.42. The molecule has 2 aromatic rings.